The van der Waals surface area contributed by atoms with Gasteiger partial charge in [0.05, 0.1) is 18.4 Å². The van der Waals surface area contributed by atoms with Crippen molar-refractivity contribution in [1.82, 2.24) is 14.9 Å². The van der Waals surface area contributed by atoms with Crippen LogP contribution >= 0.6 is 0 Å². The fraction of sp³-hybridized carbons (Fsp3) is 0.346. The Morgan fingerprint density at radius 1 is 1.12 bits per heavy atom. The maximum atomic E-state index is 13.9. The molecular weight excluding hydrogens is 437 g/mol. The predicted molar refractivity (Wildman–Crippen MR) is 123 cm³/mol. The van der Waals surface area contributed by atoms with E-state index in [0.29, 0.717) is 50.3 Å². The molecule has 1 amide bonds. The van der Waals surface area contributed by atoms with Crippen LogP contribution in [0.1, 0.15) is 35.3 Å². The van der Waals surface area contributed by atoms with Crippen molar-refractivity contribution in [3.63, 3.8) is 0 Å². The van der Waals surface area contributed by atoms with E-state index in [1.165, 1.54) is 6.07 Å². The van der Waals surface area contributed by atoms with Crippen LogP contribution < -0.4 is 9.47 Å². The summed E-state index contributed by atoms with van der Waals surface area (Å²) in [6, 6.07) is 13.5. The van der Waals surface area contributed by atoms with Gasteiger partial charge < -0.3 is 19.1 Å². The van der Waals surface area contributed by atoms with E-state index in [1.807, 2.05) is 13.0 Å². The van der Waals surface area contributed by atoms with E-state index in [-0.39, 0.29) is 35.1 Å². The fourth-order valence-corrected chi connectivity index (χ4v) is 4.50. The summed E-state index contributed by atoms with van der Waals surface area (Å²) in [5, 5.41) is 0. The molecule has 3 aromatic rings. The molecule has 8 heteroatoms. The molecule has 1 unspecified atom stereocenters. The minimum absolute atomic E-state index is 0.129. The summed E-state index contributed by atoms with van der Waals surface area (Å²) < 4.78 is 31.8. The Kier molecular flexibility index (Phi) is 6.15. The van der Waals surface area contributed by atoms with Gasteiger partial charge in [0.1, 0.15) is 17.4 Å². The SMILES string of the molecule is Cc1ccc(Oc2ncccc2C(=O)N2CCC3(CC2)CC(Oc2ccccc2F)CO3)cn1. The van der Waals surface area contributed by atoms with E-state index in [0.717, 1.165) is 5.69 Å². The number of rotatable bonds is 5. The van der Waals surface area contributed by atoms with Crippen LogP contribution in [0.2, 0.25) is 0 Å². The van der Waals surface area contributed by atoms with E-state index in [4.69, 9.17) is 14.2 Å². The van der Waals surface area contributed by atoms with Gasteiger partial charge in [0.15, 0.2) is 11.6 Å². The van der Waals surface area contributed by atoms with Crippen LogP contribution in [0.25, 0.3) is 0 Å². The number of aromatic nitrogens is 2. The number of ether oxygens (including phenoxy) is 3. The van der Waals surface area contributed by atoms with Crippen LogP contribution in [0.15, 0.2) is 60.9 Å². The average molecular weight is 464 g/mol. The van der Waals surface area contributed by atoms with Crippen LogP contribution in [-0.4, -0.2) is 52.2 Å². The van der Waals surface area contributed by atoms with E-state index in [9.17, 15) is 9.18 Å². The van der Waals surface area contributed by atoms with Crippen molar-refractivity contribution in [2.45, 2.75) is 37.9 Å². The largest absolute Gasteiger partial charge is 0.485 e. The third-order valence-electron chi connectivity index (χ3n) is 6.37. The van der Waals surface area contributed by atoms with Gasteiger partial charge in [-0.15, -0.1) is 0 Å². The highest BCUT2D eigenvalue weighted by atomic mass is 19.1. The lowest BCUT2D eigenvalue weighted by molar-refractivity contribution is -0.0396. The minimum Gasteiger partial charge on any atom is -0.485 e. The van der Waals surface area contributed by atoms with Crippen LogP contribution in [-0.2, 0) is 4.74 Å². The molecule has 7 nitrogen and oxygen atoms in total. The molecule has 2 aliphatic heterocycles. The number of pyridine rings is 2. The Balaban J connectivity index is 1.21. The Bertz CT molecular complexity index is 1160. The maximum absolute atomic E-state index is 13.9. The van der Waals surface area contributed by atoms with Gasteiger partial charge in [0, 0.05) is 31.4 Å². The molecule has 2 aliphatic rings. The van der Waals surface area contributed by atoms with Gasteiger partial charge in [-0.05, 0) is 56.2 Å². The summed E-state index contributed by atoms with van der Waals surface area (Å²) in [5.74, 6) is 0.522. The molecule has 2 saturated heterocycles. The molecule has 1 spiro atoms. The van der Waals surface area contributed by atoms with Gasteiger partial charge in [-0.1, -0.05) is 12.1 Å². The number of hydrogen-bond acceptors (Lipinski definition) is 6. The Morgan fingerprint density at radius 2 is 1.94 bits per heavy atom. The van der Waals surface area contributed by atoms with E-state index >= 15 is 0 Å². The number of nitrogens with zero attached hydrogens (tertiary/aromatic N) is 3. The molecule has 2 aromatic heterocycles. The van der Waals surface area contributed by atoms with Crippen molar-refractivity contribution < 1.29 is 23.4 Å². The lowest BCUT2D eigenvalue weighted by Crippen LogP contribution is -2.46. The smallest absolute Gasteiger partial charge is 0.259 e. The minimum atomic E-state index is -0.375. The van der Waals surface area contributed by atoms with Gasteiger partial charge in [0.25, 0.3) is 5.91 Å². The number of carbonyl (C=O) groups is 1. The summed E-state index contributed by atoms with van der Waals surface area (Å²) in [5.41, 5.74) is 0.934. The zero-order valence-corrected chi connectivity index (χ0v) is 18.9. The third kappa shape index (κ3) is 4.72. The molecule has 2 fully saturated rings. The van der Waals surface area contributed by atoms with Crippen molar-refractivity contribution >= 4 is 5.91 Å². The molecule has 0 aliphatic carbocycles. The molecule has 0 saturated carbocycles. The molecule has 0 bridgehead atoms. The summed E-state index contributed by atoms with van der Waals surface area (Å²) in [6.45, 7) is 3.40. The van der Waals surface area contributed by atoms with Crippen LogP contribution in [0.5, 0.6) is 17.4 Å². The predicted octanol–water partition coefficient (Wildman–Crippen LogP) is 4.56. The van der Waals surface area contributed by atoms with Crippen LogP contribution in [0, 0.1) is 12.7 Å². The molecule has 34 heavy (non-hydrogen) atoms. The quantitative estimate of drug-likeness (QED) is 0.552. The van der Waals surface area contributed by atoms with Crippen LogP contribution in [0.4, 0.5) is 4.39 Å². The second-order valence-corrected chi connectivity index (χ2v) is 8.75. The van der Waals surface area contributed by atoms with Crippen LogP contribution in [0.3, 0.4) is 0 Å². The second-order valence-electron chi connectivity index (χ2n) is 8.75. The first kappa shape index (κ1) is 22.3. The molecule has 4 heterocycles. The van der Waals surface area contributed by atoms with Gasteiger partial charge >= 0.3 is 0 Å². The van der Waals surface area contributed by atoms with Gasteiger partial charge in [-0.3, -0.25) is 9.78 Å². The zero-order chi connectivity index (χ0) is 23.5. The number of halogens is 1. The first-order chi connectivity index (χ1) is 16.5. The molecule has 1 aromatic carbocycles. The molecular formula is C26H26FN3O4. The maximum Gasteiger partial charge on any atom is 0.259 e. The number of benzene rings is 1. The molecule has 0 radical (unpaired) electrons. The zero-order valence-electron chi connectivity index (χ0n) is 18.9. The monoisotopic (exact) mass is 463 g/mol. The molecule has 1 atom stereocenters. The summed E-state index contributed by atoms with van der Waals surface area (Å²) >= 11 is 0. The number of amides is 1. The summed E-state index contributed by atoms with van der Waals surface area (Å²) in [6.07, 6.45) is 5.05. The number of piperidine rings is 1. The van der Waals surface area contributed by atoms with Crippen molar-refractivity contribution in [1.29, 1.82) is 0 Å². The lowest BCUT2D eigenvalue weighted by atomic mass is 9.87. The number of aryl methyl sites for hydroxylation is 1. The standard InChI is InChI=1S/C26H26FN3O4/c1-18-8-9-19(16-29-18)34-24-21(5-4-12-28-24)25(31)30-13-10-26(11-14-30)15-20(17-32-26)33-23-7-3-2-6-22(23)27/h2-9,12,16,20H,10-11,13-15,17H2,1H3. The van der Waals surface area contributed by atoms with Gasteiger partial charge in [0.2, 0.25) is 5.88 Å². The molecule has 176 valence electrons. The van der Waals surface area contributed by atoms with Crippen molar-refractivity contribution in [2.24, 2.45) is 0 Å². The highest BCUT2D eigenvalue weighted by molar-refractivity contribution is 5.96. The Hall–Kier alpha value is -3.52. The Labute approximate surface area is 197 Å². The van der Waals surface area contributed by atoms with Gasteiger partial charge in [-0.2, -0.15) is 0 Å². The molecule has 5 rings (SSSR count). The highest BCUT2D eigenvalue weighted by Gasteiger charge is 2.44. The van der Waals surface area contributed by atoms with E-state index < -0.39 is 0 Å². The van der Waals surface area contributed by atoms with Crippen molar-refractivity contribution in [3.8, 4) is 17.4 Å². The normalized spacial score (nSPS) is 19.2. The topological polar surface area (TPSA) is 73.8 Å². The number of para-hydroxylation sites is 1. The first-order valence-electron chi connectivity index (χ1n) is 11.4. The van der Waals surface area contributed by atoms with Crippen molar-refractivity contribution in [2.75, 3.05) is 19.7 Å². The van der Waals surface area contributed by atoms with Gasteiger partial charge in [-0.25, -0.2) is 9.37 Å². The highest BCUT2D eigenvalue weighted by Crippen LogP contribution is 2.38. The summed E-state index contributed by atoms with van der Waals surface area (Å²) in [7, 11) is 0. The second kappa shape index (κ2) is 9.38. The summed E-state index contributed by atoms with van der Waals surface area (Å²) in [4.78, 5) is 23.6. The third-order valence-corrected chi connectivity index (χ3v) is 6.37. The number of likely N-dealkylation sites (tertiary alicyclic amines) is 1. The Morgan fingerprint density at radius 3 is 2.71 bits per heavy atom. The number of hydrogen-bond donors (Lipinski definition) is 0. The first-order valence-corrected chi connectivity index (χ1v) is 11.4. The fourth-order valence-electron chi connectivity index (χ4n) is 4.50. The van der Waals surface area contributed by atoms with Crippen molar-refractivity contribution in [3.05, 3.63) is 78.0 Å². The molecule has 0 N–H and O–H groups in total. The van der Waals surface area contributed by atoms with E-state index in [1.54, 1.807) is 53.7 Å². The van der Waals surface area contributed by atoms with E-state index in [2.05, 4.69) is 9.97 Å². The number of carbonyl (C=O) groups excluding carboxylic acids is 1. The average Bonchev–Trinajstić information content (AvgIpc) is 3.24. The lowest BCUT2D eigenvalue weighted by Gasteiger charge is -2.38.